The summed E-state index contributed by atoms with van der Waals surface area (Å²) in [5.41, 5.74) is 2.48. The van der Waals surface area contributed by atoms with Crippen molar-refractivity contribution >= 4 is 34.9 Å². The molecule has 160 valence electrons. The van der Waals surface area contributed by atoms with E-state index in [1.54, 1.807) is 36.3 Å². The number of hydrogen-bond acceptors (Lipinski definition) is 3. The van der Waals surface area contributed by atoms with Gasteiger partial charge in [-0.05, 0) is 73.7 Å². The van der Waals surface area contributed by atoms with Crippen LogP contribution in [0.5, 0.6) is 5.75 Å². The van der Waals surface area contributed by atoms with E-state index in [1.165, 1.54) is 0 Å². The maximum Gasteiger partial charge on any atom is 0.321 e. The molecule has 7 heteroatoms. The highest BCUT2D eigenvalue weighted by Gasteiger charge is 2.30. The van der Waals surface area contributed by atoms with Gasteiger partial charge in [0.1, 0.15) is 5.75 Å². The highest BCUT2D eigenvalue weighted by Crippen LogP contribution is 2.28. The molecule has 1 aliphatic heterocycles. The Bertz CT molecular complexity index is 893. The number of likely N-dealkylation sites (tertiary alicyclic amines) is 1. The lowest BCUT2D eigenvalue weighted by Gasteiger charge is -2.34. The Morgan fingerprint density at radius 1 is 1.10 bits per heavy atom. The molecule has 1 saturated heterocycles. The van der Waals surface area contributed by atoms with Crippen LogP contribution in [0, 0.1) is 18.8 Å². The van der Waals surface area contributed by atoms with E-state index in [0.29, 0.717) is 23.8 Å². The molecule has 3 rings (SSSR count). The van der Waals surface area contributed by atoms with Gasteiger partial charge in [0, 0.05) is 35.4 Å². The molecule has 1 heterocycles. The predicted molar refractivity (Wildman–Crippen MR) is 120 cm³/mol. The van der Waals surface area contributed by atoms with E-state index >= 15 is 0 Å². The van der Waals surface area contributed by atoms with Crippen LogP contribution in [0.4, 0.5) is 16.2 Å². The molecule has 6 nitrogen and oxygen atoms in total. The minimum Gasteiger partial charge on any atom is -0.497 e. The van der Waals surface area contributed by atoms with Gasteiger partial charge in [-0.25, -0.2) is 4.79 Å². The number of carbonyl (C=O) groups excluding carboxylic acids is 2. The van der Waals surface area contributed by atoms with Crippen LogP contribution in [0.3, 0.4) is 0 Å². The summed E-state index contributed by atoms with van der Waals surface area (Å²) in [6, 6.07) is 12.5. The van der Waals surface area contributed by atoms with E-state index in [-0.39, 0.29) is 23.8 Å². The van der Waals surface area contributed by atoms with Gasteiger partial charge in [0.25, 0.3) is 0 Å². The zero-order valence-corrected chi connectivity index (χ0v) is 18.3. The summed E-state index contributed by atoms with van der Waals surface area (Å²) in [5, 5.41) is 6.55. The van der Waals surface area contributed by atoms with Crippen LogP contribution in [0.25, 0.3) is 0 Å². The summed E-state index contributed by atoms with van der Waals surface area (Å²) in [6.07, 6.45) is 1.59. The van der Waals surface area contributed by atoms with Gasteiger partial charge in [0.15, 0.2) is 0 Å². The second-order valence-electron chi connectivity index (χ2n) is 7.72. The lowest BCUT2D eigenvalue weighted by molar-refractivity contribution is -0.121. The van der Waals surface area contributed by atoms with Crippen molar-refractivity contribution in [3.8, 4) is 5.75 Å². The Morgan fingerprint density at radius 3 is 2.37 bits per heavy atom. The van der Waals surface area contributed by atoms with E-state index in [2.05, 4.69) is 10.6 Å². The van der Waals surface area contributed by atoms with E-state index in [4.69, 9.17) is 16.3 Å². The van der Waals surface area contributed by atoms with E-state index < -0.39 is 0 Å². The molecule has 3 amide bonds. The minimum atomic E-state index is -0.132. The van der Waals surface area contributed by atoms with Gasteiger partial charge < -0.3 is 20.3 Å². The molecule has 1 aliphatic rings. The van der Waals surface area contributed by atoms with Crippen LogP contribution in [0.1, 0.15) is 25.3 Å². The normalized spacial score (nSPS) is 15.4. The van der Waals surface area contributed by atoms with Gasteiger partial charge in [0.05, 0.1) is 7.11 Å². The average Bonchev–Trinajstić information content (AvgIpc) is 2.76. The summed E-state index contributed by atoms with van der Waals surface area (Å²) >= 11 is 5.88. The number of nitrogens with zero attached hydrogens (tertiary/aromatic N) is 1. The molecule has 2 aromatic carbocycles. The van der Waals surface area contributed by atoms with Crippen molar-refractivity contribution in [2.75, 3.05) is 30.8 Å². The summed E-state index contributed by atoms with van der Waals surface area (Å²) in [6.45, 7) is 5.16. The van der Waals surface area contributed by atoms with Gasteiger partial charge in [0.2, 0.25) is 5.91 Å². The number of anilines is 2. The first kappa shape index (κ1) is 22.0. The van der Waals surface area contributed by atoms with Crippen molar-refractivity contribution in [3.63, 3.8) is 0 Å². The first-order chi connectivity index (χ1) is 14.4. The molecule has 1 atom stereocenters. The molecule has 0 aliphatic carbocycles. The van der Waals surface area contributed by atoms with Crippen LogP contribution in [-0.2, 0) is 4.79 Å². The lowest BCUT2D eigenvalue weighted by atomic mass is 9.85. The van der Waals surface area contributed by atoms with Crippen LogP contribution >= 0.6 is 11.6 Å². The van der Waals surface area contributed by atoms with Gasteiger partial charge in [-0.2, -0.15) is 0 Å². The van der Waals surface area contributed by atoms with Crippen molar-refractivity contribution < 1.29 is 14.3 Å². The summed E-state index contributed by atoms with van der Waals surface area (Å²) < 4.78 is 5.21. The van der Waals surface area contributed by atoms with Gasteiger partial charge in [-0.15, -0.1) is 0 Å². The van der Waals surface area contributed by atoms with Crippen molar-refractivity contribution in [1.82, 2.24) is 4.90 Å². The summed E-state index contributed by atoms with van der Waals surface area (Å²) in [5.74, 6) is 0.881. The van der Waals surface area contributed by atoms with Crippen molar-refractivity contribution in [3.05, 3.63) is 53.1 Å². The number of carbonyl (C=O) groups is 2. The number of aryl methyl sites for hydroxylation is 1. The number of methoxy groups -OCH3 is 1. The predicted octanol–water partition coefficient (Wildman–Crippen LogP) is 5.18. The Balaban J connectivity index is 1.50. The maximum absolute atomic E-state index is 12.8. The number of hydrogen-bond donors (Lipinski definition) is 2. The SMILES string of the molecule is COc1ccc(NC(=O)C(C)C2CCN(C(=O)Nc3ccc(Cl)cc3)CC2)c(C)c1. The molecule has 0 saturated carbocycles. The molecule has 2 aromatic rings. The highest BCUT2D eigenvalue weighted by molar-refractivity contribution is 6.30. The Labute approximate surface area is 182 Å². The average molecular weight is 430 g/mol. The van der Waals surface area contributed by atoms with Crippen LogP contribution in [0.15, 0.2) is 42.5 Å². The topological polar surface area (TPSA) is 70.7 Å². The van der Waals surface area contributed by atoms with E-state index in [0.717, 1.165) is 29.8 Å². The Hall–Kier alpha value is -2.73. The minimum absolute atomic E-state index is 0.00679. The van der Waals surface area contributed by atoms with Crippen molar-refractivity contribution in [2.45, 2.75) is 26.7 Å². The molecule has 1 unspecified atom stereocenters. The smallest absolute Gasteiger partial charge is 0.321 e. The fourth-order valence-electron chi connectivity index (χ4n) is 3.70. The van der Waals surface area contributed by atoms with Crippen molar-refractivity contribution in [1.29, 1.82) is 0 Å². The number of urea groups is 1. The first-order valence-electron chi connectivity index (χ1n) is 10.1. The first-order valence-corrected chi connectivity index (χ1v) is 10.5. The highest BCUT2D eigenvalue weighted by atomic mass is 35.5. The molecule has 30 heavy (non-hydrogen) atoms. The van der Waals surface area contributed by atoms with Gasteiger partial charge in [-0.1, -0.05) is 18.5 Å². The number of nitrogens with one attached hydrogen (secondary N) is 2. The third-order valence-electron chi connectivity index (χ3n) is 5.73. The van der Waals surface area contributed by atoms with E-state index in [1.807, 2.05) is 32.0 Å². The molecule has 0 spiro atoms. The fourth-order valence-corrected chi connectivity index (χ4v) is 3.83. The Morgan fingerprint density at radius 2 is 1.77 bits per heavy atom. The monoisotopic (exact) mass is 429 g/mol. The second kappa shape index (κ2) is 9.85. The summed E-state index contributed by atoms with van der Waals surface area (Å²) in [7, 11) is 1.62. The second-order valence-corrected chi connectivity index (χ2v) is 8.16. The molecule has 2 N–H and O–H groups in total. The number of rotatable bonds is 5. The Kier molecular flexibility index (Phi) is 7.21. The number of ether oxygens (including phenoxy) is 1. The van der Waals surface area contributed by atoms with Gasteiger partial charge >= 0.3 is 6.03 Å². The van der Waals surface area contributed by atoms with Crippen LogP contribution in [-0.4, -0.2) is 37.0 Å². The van der Waals surface area contributed by atoms with Crippen LogP contribution in [0.2, 0.25) is 5.02 Å². The largest absolute Gasteiger partial charge is 0.497 e. The maximum atomic E-state index is 12.8. The summed E-state index contributed by atoms with van der Waals surface area (Å²) in [4.78, 5) is 27.0. The zero-order chi connectivity index (χ0) is 21.7. The fraction of sp³-hybridized carbons (Fsp3) is 0.391. The molecule has 0 radical (unpaired) electrons. The molecular weight excluding hydrogens is 402 g/mol. The standard InChI is InChI=1S/C23H28ClN3O3/c1-15-14-20(30-3)8-9-21(15)26-22(28)16(2)17-10-12-27(13-11-17)23(29)25-19-6-4-18(24)5-7-19/h4-9,14,16-17H,10-13H2,1-3H3,(H,25,29)(H,26,28). The third kappa shape index (κ3) is 5.45. The third-order valence-corrected chi connectivity index (χ3v) is 5.99. The number of benzene rings is 2. The molecule has 0 bridgehead atoms. The van der Waals surface area contributed by atoms with Crippen LogP contribution < -0.4 is 15.4 Å². The van der Waals surface area contributed by atoms with Gasteiger partial charge in [-0.3, -0.25) is 4.79 Å². The lowest BCUT2D eigenvalue weighted by Crippen LogP contribution is -2.43. The number of halogens is 1. The molecule has 0 aromatic heterocycles. The quantitative estimate of drug-likeness (QED) is 0.688. The zero-order valence-electron chi connectivity index (χ0n) is 17.6. The number of amides is 3. The van der Waals surface area contributed by atoms with E-state index in [9.17, 15) is 9.59 Å². The number of piperidine rings is 1. The van der Waals surface area contributed by atoms with Crippen molar-refractivity contribution in [2.24, 2.45) is 11.8 Å². The molecule has 1 fully saturated rings. The molecular formula is C23H28ClN3O3.